The van der Waals surface area contributed by atoms with E-state index in [2.05, 4.69) is 20.9 Å². The van der Waals surface area contributed by atoms with E-state index in [1.54, 1.807) is 17.3 Å². The average Bonchev–Trinajstić information content (AvgIpc) is 3.68. The Morgan fingerprint density at radius 3 is 2.20 bits per heavy atom. The molecule has 0 spiro atoms. The van der Waals surface area contributed by atoms with Crippen molar-refractivity contribution in [2.75, 3.05) is 6.54 Å². The van der Waals surface area contributed by atoms with Crippen LogP contribution in [0.25, 0.3) is 0 Å². The van der Waals surface area contributed by atoms with Gasteiger partial charge < -0.3 is 26.6 Å². The number of nitrogens with two attached hydrogens (primary N) is 1. The van der Waals surface area contributed by atoms with Gasteiger partial charge in [-0.15, -0.1) is 0 Å². The third-order valence-electron chi connectivity index (χ3n) is 9.86. The van der Waals surface area contributed by atoms with Gasteiger partial charge >= 0.3 is 6.03 Å². The van der Waals surface area contributed by atoms with Crippen LogP contribution < -0.4 is 21.7 Å². The van der Waals surface area contributed by atoms with Gasteiger partial charge in [-0.1, -0.05) is 66.7 Å². The summed E-state index contributed by atoms with van der Waals surface area (Å²) in [6.45, 7) is 10.0. The van der Waals surface area contributed by atoms with E-state index < -0.39 is 52.7 Å². The maximum absolute atomic E-state index is 14.3. The zero-order valence-corrected chi connectivity index (χ0v) is 27.6. The second-order valence-electron chi connectivity index (χ2n) is 14.9. The Labute approximate surface area is 267 Å². The number of amides is 5. The normalized spacial score (nSPS) is 22.8. The second-order valence-corrected chi connectivity index (χ2v) is 14.9. The Bertz CT molecular complexity index is 1240. The molecule has 4 atom stereocenters. The van der Waals surface area contributed by atoms with Gasteiger partial charge in [-0.25, -0.2) is 4.79 Å². The molecule has 11 heteroatoms. The molecule has 1 aromatic heterocycles. The molecule has 3 aliphatic rings. The highest BCUT2D eigenvalue weighted by atomic mass is 16.2. The molecule has 3 fully saturated rings. The molecule has 5 amide bonds. The number of ketones is 1. The smallest absolute Gasteiger partial charge is 0.315 e. The van der Waals surface area contributed by atoms with E-state index in [-0.39, 0.29) is 23.7 Å². The first-order chi connectivity index (χ1) is 21.2. The van der Waals surface area contributed by atoms with Crippen LogP contribution in [0.5, 0.6) is 0 Å². The van der Waals surface area contributed by atoms with E-state index in [4.69, 9.17) is 5.73 Å². The van der Waals surface area contributed by atoms with Crippen LogP contribution in [0.1, 0.15) is 98.0 Å². The van der Waals surface area contributed by atoms with Gasteiger partial charge in [-0.2, -0.15) is 0 Å². The molecule has 1 saturated heterocycles. The molecule has 2 saturated carbocycles. The fourth-order valence-corrected chi connectivity index (χ4v) is 7.13. The van der Waals surface area contributed by atoms with Crippen molar-refractivity contribution >= 4 is 29.5 Å². The molecule has 11 nitrogen and oxygen atoms in total. The molecule has 2 unspecified atom stereocenters. The molecule has 0 aromatic carbocycles. The first kappa shape index (κ1) is 34.4. The number of carbonyl (C=O) groups is 5. The van der Waals surface area contributed by atoms with Crippen molar-refractivity contribution in [3.05, 3.63) is 30.1 Å². The van der Waals surface area contributed by atoms with E-state index in [1.165, 1.54) is 0 Å². The first-order valence-corrected chi connectivity index (χ1v) is 16.6. The van der Waals surface area contributed by atoms with E-state index in [9.17, 15) is 24.0 Å². The number of nitrogens with zero attached hydrogens (tertiary/aromatic N) is 2. The average molecular weight is 625 g/mol. The van der Waals surface area contributed by atoms with Gasteiger partial charge in [0.2, 0.25) is 17.6 Å². The molecule has 0 radical (unpaired) electrons. The molecule has 4 rings (SSSR count). The van der Waals surface area contributed by atoms with Crippen molar-refractivity contribution < 1.29 is 24.0 Å². The number of pyridine rings is 1. The lowest BCUT2D eigenvalue weighted by Crippen LogP contribution is -2.63. The Kier molecular flexibility index (Phi) is 10.9. The van der Waals surface area contributed by atoms with Gasteiger partial charge in [-0.3, -0.25) is 24.2 Å². The summed E-state index contributed by atoms with van der Waals surface area (Å²) >= 11 is 0. The summed E-state index contributed by atoms with van der Waals surface area (Å²) in [6.07, 6.45) is 11.8. The highest BCUT2D eigenvalue weighted by Crippen LogP contribution is 2.36. The van der Waals surface area contributed by atoms with Crippen molar-refractivity contribution in [2.45, 2.75) is 122 Å². The van der Waals surface area contributed by atoms with Crippen LogP contribution >= 0.6 is 0 Å². The molecular weight excluding hydrogens is 572 g/mol. The Morgan fingerprint density at radius 2 is 1.64 bits per heavy atom. The van der Waals surface area contributed by atoms with Crippen LogP contribution in [0.15, 0.2) is 24.5 Å². The number of Topliss-reactive ketones (excluding diaryl/α,β-unsaturated/α-hetero) is 1. The summed E-state index contributed by atoms with van der Waals surface area (Å²) in [4.78, 5) is 72.0. The van der Waals surface area contributed by atoms with Crippen LogP contribution in [0.3, 0.4) is 0 Å². The van der Waals surface area contributed by atoms with Gasteiger partial charge in [0.05, 0.1) is 6.04 Å². The monoisotopic (exact) mass is 624 g/mol. The summed E-state index contributed by atoms with van der Waals surface area (Å²) in [5.41, 5.74) is 5.31. The van der Waals surface area contributed by atoms with Crippen LogP contribution in [0.2, 0.25) is 0 Å². The SMILES string of the molecule is CC(C)C1CCN(C(=O)[C@@H](NC(=O)NC2(Cc3ccncc3)CCCCC2)C(C)(C)C)[C@@H]1C(=O)NC(CC1CC1)C(=O)C(N)=O. The minimum atomic E-state index is -1.08. The summed E-state index contributed by atoms with van der Waals surface area (Å²) in [5.74, 6) is -2.51. The number of nitrogens with one attached hydrogen (secondary N) is 3. The quantitative estimate of drug-likeness (QED) is 0.261. The number of likely N-dealkylation sites (tertiary alicyclic amines) is 1. The zero-order valence-electron chi connectivity index (χ0n) is 27.6. The van der Waals surface area contributed by atoms with Crippen LogP contribution in [-0.4, -0.2) is 69.6 Å². The van der Waals surface area contributed by atoms with Crippen molar-refractivity contribution in [3.63, 3.8) is 0 Å². The lowest BCUT2D eigenvalue weighted by atomic mass is 9.77. The largest absolute Gasteiger partial charge is 0.363 e. The van der Waals surface area contributed by atoms with Gasteiger partial charge in [0, 0.05) is 24.5 Å². The number of hydrogen-bond donors (Lipinski definition) is 4. The highest BCUT2D eigenvalue weighted by Gasteiger charge is 2.48. The predicted octanol–water partition coefficient (Wildman–Crippen LogP) is 3.25. The number of urea groups is 1. The molecule has 1 aromatic rings. The lowest BCUT2D eigenvalue weighted by Gasteiger charge is -2.40. The van der Waals surface area contributed by atoms with Crippen molar-refractivity contribution in [2.24, 2.45) is 28.9 Å². The van der Waals surface area contributed by atoms with Crippen LogP contribution in [-0.2, 0) is 25.6 Å². The predicted molar refractivity (Wildman–Crippen MR) is 171 cm³/mol. The third-order valence-corrected chi connectivity index (χ3v) is 9.86. The van der Waals surface area contributed by atoms with Crippen LogP contribution in [0, 0.1) is 23.2 Å². The fraction of sp³-hybridized carbons (Fsp3) is 0.706. The maximum atomic E-state index is 14.3. The maximum Gasteiger partial charge on any atom is 0.315 e. The van der Waals surface area contributed by atoms with E-state index in [1.807, 2.05) is 46.8 Å². The van der Waals surface area contributed by atoms with E-state index in [0.29, 0.717) is 25.8 Å². The fourth-order valence-electron chi connectivity index (χ4n) is 7.13. The summed E-state index contributed by atoms with van der Waals surface area (Å²) in [7, 11) is 0. The van der Waals surface area contributed by atoms with E-state index in [0.717, 1.165) is 50.5 Å². The number of rotatable bonds is 12. The van der Waals surface area contributed by atoms with Gasteiger partial charge in [0.15, 0.2) is 0 Å². The van der Waals surface area contributed by atoms with Crippen molar-refractivity contribution in [1.82, 2.24) is 25.8 Å². The summed E-state index contributed by atoms with van der Waals surface area (Å²) in [5, 5.41) is 9.06. The topological polar surface area (TPSA) is 164 Å². The molecule has 5 N–H and O–H groups in total. The summed E-state index contributed by atoms with van der Waals surface area (Å²) < 4.78 is 0. The molecular formula is C34H52N6O5. The molecule has 1 aliphatic heterocycles. The molecule has 0 bridgehead atoms. The van der Waals surface area contributed by atoms with Crippen molar-refractivity contribution in [3.8, 4) is 0 Å². The minimum Gasteiger partial charge on any atom is -0.363 e. The highest BCUT2D eigenvalue weighted by molar-refractivity contribution is 6.37. The van der Waals surface area contributed by atoms with E-state index >= 15 is 0 Å². The lowest BCUT2D eigenvalue weighted by molar-refractivity contribution is -0.144. The van der Waals surface area contributed by atoms with Crippen LogP contribution in [0.4, 0.5) is 4.79 Å². The molecule has 2 heterocycles. The standard InChI is InChI=1S/C34H52N6O5/c1-21(2)24-13-18-40(26(24)30(43)37-25(19-22-9-10-22)27(41)29(35)42)31(44)28(33(3,4)5)38-32(45)39-34(14-7-6-8-15-34)20-23-11-16-36-17-12-23/h11-12,16-17,21-22,24-26,28H,6-10,13-15,18-20H2,1-5H3,(H2,35,42)(H,37,43)(H2,38,39,45)/t24?,25?,26-,28+/m0/s1. The first-order valence-electron chi connectivity index (χ1n) is 16.6. The van der Waals surface area contributed by atoms with Gasteiger partial charge in [0.25, 0.3) is 5.91 Å². The minimum absolute atomic E-state index is 0.0796. The number of carbonyl (C=O) groups excluding carboxylic acids is 5. The number of primary amides is 1. The number of hydrogen-bond acceptors (Lipinski definition) is 6. The molecule has 2 aliphatic carbocycles. The Balaban J connectivity index is 1.53. The van der Waals surface area contributed by atoms with Crippen molar-refractivity contribution in [1.29, 1.82) is 0 Å². The third kappa shape index (κ3) is 8.82. The molecule has 45 heavy (non-hydrogen) atoms. The Hall–Kier alpha value is -3.50. The summed E-state index contributed by atoms with van der Waals surface area (Å²) in [6, 6.07) is 0.764. The van der Waals surface area contributed by atoms with Gasteiger partial charge in [0.1, 0.15) is 12.1 Å². The Morgan fingerprint density at radius 1 is 1.00 bits per heavy atom. The second kappa shape index (κ2) is 14.3. The molecule has 248 valence electrons. The van der Waals surface area contributed by atoms with Gasteiger partial charge in [-0.05, 0) is 73.0 Å². The zero-order chi connectivity index (χ0) is 32.9. The number of aromatic nitrogens is 1.